The first-order valence-corrected chi connectivity index (χ1v) is 5.94. The van der Waals surface area contributed by atoms with Gasteiger partial charge in [0.15, 0.2) is 5.92 Å². The van der Waals surface area contributed by atoms with Crippen LogP contribution in [0.1, 0.15) is 18.9 Å². The quantitative estimate of drug-likeness (QED) is 0.370. The van der Waals surface area contributed by atoms with E-state index in [9.17, 15) is 24.1 Å². The van der Waals surface area contributed by atoms with Crippen molar-refractivity contribution in [2.45, 2.75) is 18.9 Å². The fourth-order valence-electron chi connectivity index (χ4n) is 1.99. The van der Waals surface area contributed by atoms with Crippen molar-refractivity contribution >= 4 is 11.9 Å². The molecule has 21 heavy (non-hydrogen) atoms. The van der Waals surface area contributed by atoms with Crippen LogP contribution in [0.4, 0.5) is 4.39 Å². The maximum atomic E-state index is 13.8. The summed E-state index contributed by atoms with van der Waals surface area (Å²) >= 11 is 0. The molecule has 0 spiro atoms. The molecular weight excluding hydrogens is 285 g/mol. The first-order chi connectivity index (χ1) is 9.74. The van der Waals surface area contributed by atoms with Crippen LogP contribution in [0.2, 0.25) is 0 Å². The van der Waals surface area contributed by atoms with Gasteiger partial charge in [-0.3, -0.25) is 19.7 Å². The summed E-state index contributed by atoms with van der Waals surface area (Å²) in [7, 11) is 0.977. The molecule has 0 aliphatic rings. The molecule has 0 saturated heterocycles. The molecule has 0 heterocycles. The SMILES string of the molecule is COC(=O)C(CC(C)(c1ccccc1F)[N+](=O)[O-])C(=O)O. The number of esters is 1. The van der Waals surface area contributed by atoms with Gasteiger partial charge in [0.05, 0.1) is 12.7 Å². The van der Waals surface area contributed by atoms with Gasteiger partial charge in [0.1, 0.15) is 5.82 Å². The Morgan fingerprint density at radius 2 is 2.05 bits per heavy atom. The van der Waals surface area contributed by atoms with Gasteiger partial charge in [-0.2, -0.15) is 0 Å². The summed E-state index contributed by atoms with van der Waals surface area (Å²) in [6, 6.07) is 4.97. The summed E-state index contributed by atoms with van der Waals surface area (Å²) in [4.78, 5) is 33.1. The Hall–Kier alpha value is -2.51. The predicted octanol–water partition coefficient (Wildman–Crippen LogP) is 1.58. The van der Waals surface area contributed by atoms with Crippen molar-refractivity contribution in [1.82, 2.24) is 0 Å². The second kappa shape index (κ2) is 6.29. The van der Waals surface area contributed by atoms with Crippen molar-refractivity contribution in [3.63, 3.8) is 0 Å². The second-order valence-electron chi connectivity index (χ2n) is 4.63. The number of hydrogen-bond donors (Lipinski definition) is 1. The zero-order valence-electron chi connectivity index (χ0n) is 11.4. The zero-order chi connectivity index (χ0) is 16.2. The zero-order valence-corrected chi connectivity index (χ0v) is 11.4. The fourth-order valence-corrected chi connectivity index (χ4v) is 1.99. The maximum Gasteiger partial charge on any atom is 0.320 e. The Morgan fingerprint density at radius 1 is 1.48 bits per heavy atom. The first-order valence-electron chi connectivity index (χ1n) is 5.94. The largest absolute Gasteiger partial charge is 0.481 e. The monoisotopic (exact) mass is 299 g/mol. The number of carbonyl (C=O) groups is 2. The van der Waals surface area contributed by atoms with Crippen LogP contribution in [0.15, 0.2) is 24.3 Å². The molecule has 0 bridgehead atoms. The number of benzene rings is 1. The number of carboxylic acid groups (broad SMARTS) is 1. The number of carboxylic acids is 1. The lowest BCUT2D eigenvalue weighted by Gasteiger charge is -2.24. The van der Waals surface area contributed by atoms with Gasteiger partial charge in [0, 0.05) is 18.3 Å². The smallest absolute Gasteiger partial charge is 0.320 e. The van der Waals surface area contributed by atoms with Gasteiger partial charge >= 0.3 is 11.9 Å². The van der Waals surface area contributed by atoms with Gasteiger partial charge in [-0.25, -0.2) is 4.39 Å². The summed E-state index contributed by atoms with van der Waals surface area (Å²) in [6.07, 6.45) is -0.719. The van der Waals surface area contributed by atoms with E-state index < -0.39 is 40.6 Å². The molecule has 0 amide bonds. The molecule has 2 unspecified atom stereocenters. The lowest BCUT2D eigenvalue weighted by atomic mass is 9.83. The van der Waals surface area contributed by atoms with E-state index in [1.807, 2.05) is 0 Å². The molecule has 1 aromatic carbocycles. The molecule has 114 valence electrons. The third kappa shape index (κ3) is 3.33. The van der Waals surface area contributed by atoms with Gasteiger partial charge in [-0.15, -0.1) is 0 Å². The van der Waals surface area contributed by atoms with Crippen LogP contribution in [0, 0.1) is 21.8 Å². The van der Waals surface area contributed by atoms with E-state index in [2.05, 4.69) is 4.74 Å². The van der Waals surface area contributed by atoms with Crippen molar-refractivity contribution in [1.29, 1.82) is 0 Å². The lowest BCUT2D eigenvalue weighted by Crippen LogP contribution is -2.39. The van der Waals surface area contributed by atoms with Crippen molar-refractivity contribution in [3.8, 4) is 0 Å². The second-order valence-corrected chi connectivity index (χ2v) is 4.63. The topological polar surface area (TPSA) is 107 Å². The van der Waals surface area contributed by atoms with E-state index in [-0.39, 0.29) is 5.56 Å². The molecule has 0 aromatic heterocycles. The van der Waals surface area contributed by atoms with E-state index in [4.69, 9.17) is 5.11 Å². The number of nitro groups is 1. The van der Waals surface area contributed by atoms with Crippen LogP contribution in [-0.2, 0) is 19.9 Å². The van der Waals surface area contributed by atoms with Crippen LogP contribution in [-0.4, -0.2) is 29.1 Å². The summed E-state index contributed by atoms with van der Waals surface area (Å²) in [5.74, 6) is -5.28. The molecule has 0 saturated carbocycles. The molecule has 1 rings (SSSR count). The number of carbonyl (C=O) groups excluding carboxylic acids is 1. The average molecular weight is 299 g/mol. The van der Waals surface area contributed by atoms with E-state index in [1.54, 1.807) is 0 Å². The van der Waals surface area contributed by atoms with Crippen molar-refractivity contribution in [2.24, 2.45) is 5.92 Å². The molecular formula is C13H14FNO6. The number of rotatable bonds is 6. The van der Waals surface area contributed by atoms with E-state index >= 15 is 0 Å². The van der Waals surface area contributed by atoms with Crippen LogP contribution in [0.3, 0.4) is 0 Å². The van der Waals surface area contributed by atoms with Gasteiger partial charge in [-0.1, -0.05) is 12.1 Å². The number of ether oxygens (including phenoxy) is 1. The Bertz CT molecular complexity index is 576. The molecule has 1 N–H and O–H groups in total. The lowest BCUT2D eigenvalue weighted by molar-refractivity contribution is -0.577. The van der Waals surface area contributed by atoms with Crippen molar-refractivity contribution < 1.29 is 28.7 Å². The number of nitrogens with zero attached hydrogens (tertiary/aromatic N) is 1. The summed E-state index contributed by atoms with van der Waals surface area (Å²) in [5, 5.41) is 20.4. The molecule has 2 atom stereocenters. The maximum absolute atomic E-state index is 13.8. The number of aliphatic carboxylic acids is 1. The Morgan fingerprint density at radius 3 is 2.48 bits per heavy atom. The highest BCUT2D eigenvalue weighted by Gasteiger charge is 2.47. The minimum atomic E-state index is -2.07. The molecule has 0 aliphatic heterocycles. The first kappa shape index (κ1) is 16.5. The fraction of sp³-hybridized carbons (Fsp3) is 0.385. The van der Waals surface area contributed by atoms with Gasteiger partial charge in [0.25, 0.3) is 0 Å². The highest BCUT2D eigenvalue weighted by Crippen LogP contribution is 2.34. The third-order valence-electron chi connectivity index (χ3n) is 3.24. The van der Waals surface area contributed by atoms with E-state index in [1.165, 1.54) is 18.2 Å². The minimum absolute atomic E-state index is 0.287. The Labute approximate surface area is 119 Å². The molecule has 0 radical (unpaired) electrons. The van der Waals surface area contributed by atoms with Crippen molar-refractivity contribution in [3.05, 3.63) is 45.8 Å². The highest BCUT2D eigenvalue weighted by atomic mass is 19.1. The summed E-state index contributed by atoms with van der Waals surface area (Å²) < 4.78 is 18.1. The predicted molar refractivity (Wildman–Crippen MR) is 68.5 cm³/mol. The highest BCUT2D eigenvalue weighted by molar-refractivity contribution is 5.93. The van der Waals surface area contributed by atoms with E-state index in [0.29, 0.717) is 0 Å². The molecule has 8 heteroatoms. The number of methoxy groups -OCH3 is 1. The standard InChI is InChI=1S/C13H14FNO6/c1-13(15(19)20,9-5-3-4-6-10(9)14)7-8(11(16)17)12(18)21-2/h3-6,8H,7H2,1-2H3,(H,16,17). The van der Waals surface area contributed by atoms with Crippen LogP contribution >= 0.6 is 0 Å². The molecule has 7 nitrogen and oxygen atoms in total. The molecule has 1 aromatic rings. The number of hydrogen-bond acceptors (Lipinski definition) is 5. The third-order valence-corrected chi connectivity index (χ3v) is 3.24. The molecule has 0 fully saturated rings. The Kier molecular flexibility index (Phi) is 4.96. The van der Waals surface area contributed by atoms with Gasteiger partial charge in [0.2, 0.25) is 5.54 Å². The Balaban J connectivity index is 3.29. The molecule has 0 aliphatic carbocycles. The van der Waals surface area contributed by atoms with E-state index in [0.717, 1.165) is 20.1 Å². The number of halogens is 1. The average Bonchev–Trinajstić information content (AvgIpc) is 2.43. The van der Waals surface area contributed by atoms with Crippen LogP contribution < -0.4 is 0 Å². The van der Waals surface area contributed by atoms with Gasteiger partial charge < -0.3 is 9.84 Å². The minimum Gasteiger partial charge on any atom is -0.481 e. The van der Waals surface area contributed by atoms with Crippen molar-refractivity contribution in [2.75, 3.05) is 7.11 Å². The van der Waals surface area contributed by atoms with Crippen LogP contribution in [0.5, 0.6) is 0 Å². The van der Waals surface area contributed by atoms with Gasteiger partial charge in [-0.05, 0) is 12.1 Å². The van der Waals surface area contributed by atoms with Crippen LogP contribution in [0.25, 0.3) is 0 Å². The summed E-state index contributed by atoms with van der Waals surface area (Å²) in [6.45, 7) is 1.07. The normalized spacial score (nSPS) is 14.8. The summed E-state index contributed by atoms with van der Waals surface area (Å²) in [5.41, 5.74) is -2.35.